The quantitative estimate of drug-likeness (QED) is 0.886. The van der Waals surface area contributed by atoms with Crippen LogP contribution >= 0.6 is 0 Å². The van der Waals surface area contributed by atoms with Gasteiger partial charge in [0.25, 0.3) is 0 Å². The van der Waals surface area contributed by atoms with Crippen LogP contribution in [0, 0.1) is 0 Å². The lowest BCUT2D eigenvalue weighted by molar-refractivity contribution is 0.0375. The molecule has 0 aromatic heterocycles. The van der Waals surface area contributed by atoms with Gasteiger partial charge in [0.2, 0.25) is 0 Å². The van der Waals surface area contributed by atoms with Crippen molar-refractivity contribution in [1.82, 2.24) is 10.2 Å². The van der Waals surface area contributed by atoms with E-state index in [1.807, 2.05) is 0 Å². The topological polar surface area (TPSA) is 27.7 Å². The lowest BCUT2D eigenvalue weighted by Gasteiger charge is -2.30. The number of piperazine rings is 1. The first-order valence-corrected chi connectivity index (χ1v) is 8.26. The number of morpholine rings is 1. The molecule has 2 heterocycles. The zero-order valence-corrected chi connectivity index (χ0v) is 12.9. The maximum Gasteiger partial charge on any atom is 0.0594 e. The molecule has 2 aliphatic rings. The summed E-state index contributed by atoms with van der Waals surface area (Å²) >= 11 is 0. The summed E-state index contributed by atoms with van der Waals surface area (Å²) in [5.41, 5.74) is 2.86. The smallest absolute Gasteiger partial charge is 0.0594 e. The summed E-state index contributed by atoms with van der Waals surface area (Å²) < 4.78 is 5.39. The van der Waals surface area contributed by atoms with Crippen LogP contribution in [-0.4, -0.2) is 63.9 Å². The highest BCUT2D eigenvalue weighted by atomic mass is 16.5. The number of nitrogens with zero attached hydrogens (tertiary/aromatic N) is 2. The standard InChI is InChI=1S/C17H27N3O/c1-3-16(4-2-8-19-11-13-21-14-12-19)15-17(5-1)20-9-6-18-7-10-20/h1,3,5,15,18H,2,4,6-14H2. The third kappa shape index (κ3) is 4.43. The number of anilines is 1. The fraction of sp³-hybridized carbons (Fsp3) is 0.647. The van der Waals surface area contributed by atoms with Gasteiger partial charge in [0.05, 0.1) is 13.2 Å². The van der Waals surface area contributed by atoms with Gasteiger partial charge in [-0.2, -0.15) is 0 Å². The van der Waals surface area contributed by atoms with Gasteiger partial charge in [0.1, 0.15) is 0 Å². The molecule has 2 saturated heterocycles. The van der Waals surface area contributed by atoms with Crippen LogP contribution in [0.2, 0.25) is 0 Å². The Bertz CT molecular complexity index is 426. The van der Waals surface area contributed by atoms with E-state index in [2.05, 4.69) is 39.4 Å². The lowest BCUT2D eigenvalue weighted by Crippen LogP contribution is -2.43. The van der Waals surface area contributed by atoms with Gasteiger partial charge in [-0.3, -0.25) is 4.90 Å². The van der Waals surface area contributed by atoms with Gasteiger partial charge in [-0.1, -0.05) is 12.1 Å². The predicted octanol–water partition coefficient (Wildman–Crippen LogP) is 1.36. The monoisotopic (exact) mass is 289 g/mol. The van der Waals surface area contributed by atoms with Crippen molar-refractivity contribution in [3.63, 3.8) is 0 Å². The van der Waals surface area contributed by atoms with Gasteiger partial charge in [0.15, 0.2) is 0 Å². The Morgan fingerprint density at radius 3 is 2.67 bits per heavy atom. The first-order chi connectivity index (χ1) is 10.4. The van der Waals surface area contributed by atoms with Crippen LogP contribution in [0.1, 0.15) is 12.0 Å². The molecule has 2 fully saturated rings. The van der Waals surface area contributed by atoms with Gasteiger partial charge in [0, 0.05) is 45.0 Å². The molecule has 0 unspecified atom stereocenters. The normalized spacial score (nSPS) is 20.7. The molecule has 1 N–H and O–H groups in total. The zero-order valence-electron chi connectivity index (χ0n) is 12.9. The fourth-order valence-electron chi connectivity index (χ4n) is 3.16. The highest BCUT2D eigenvalue weighted by Crippen LogP contribution is 2.18. The highest BCUT2D eigenvalue weighted by molar-refractivity contribution is 5.49. The maximum absolute atomic E-state index is 5.39. The summed E-state index contributed by atoms with van der Waals surface area (Å²) in [6.07, 6.45) is 2.42. The molecule has 116 valence electrons. The van der Waals surface area contributed by atoms with E-state index < -0.39 is 0 Å². The Hall–Kier alpha value is -1.10. The SMILES string of the molecule is c1cc(CCCN2CCOCC2)cc(N2CCNCC2)c1. The Labute approximate surface area is 128 Å². The van der Waals surface area contributed by atoms with Crippen molar-refractivity contribution >= 4 is 5.69 Å². The largest absolute Gasteiger partial charge is 0.379 e. The minimum Gasteiger partial charge on any atom is -0.379 e. The summed E-state index contributed by atoms with van der Waals surface area (Å²) in [4.78, 5) is 5.01. The average Bonchev–Trinajstić information content (AvgIpc) is 2.57. The third-order valence-electron chi connectivity index (χ3n) is 4.44. The molecule has 1 aromatic rings. The summed E-state index contributed by atoms with van der Waals surface area (Å²) in [6, 6.07) is 9.11. The number of nitrogens with one attached hydrogen (secondary N) is 1. The van der Waals surface area contributed by atoms with Crippen LogP contribution in [0.25, 0.3) is 0 Å². The molecule has 0 amide bonds. The van der Waals surface area contributed by atoms with Gasteiger partial charge >= 0.3 is 0 Å². The number of benzene rings is 1. The second-order valence-corrected chi connectivity index (χ2v) is 5.96. The van der Waals surface area contributed by atoms with Crippen LogP contribution in [0.4, 0.5) is 5.69 Å². The number of aryl methyl sites for hydroxylation is 1. The molecule has 0 atom stereocenters. The van der Waals surface area contributed by atoms with Crippen molar-refractivity contribution in [3.05, 3.63) is 29.8 Å². The van der Waals surface area contributed by atoms with Crippen LogP contribution in [0.5, 0.6) is 0 Å². The highest BCUT2D eigenvalue weighted by Gasteiger charge is 2.11. The van der Waals surface area contributed by atoms with Gasteiger partial charge in [-0.25, -0.2) is 0 Å². The molecule has 3 rings (SSSR count). The first kappa shape index (κ1) is 14.8. The minimum atomic E-state index is 0.901. The molecule has 0 aliphatic carbocycles. The van der Waals surface area contributed by atoms with E-state index in [4.69, 9.17) is 4.74 Å². The molecule has 21 heavy (non-hydrogen) atoms. The second-order valence-electron chi connectivity index (χ2n) is 5.96. The Balaban J connectivity index is 1.48. The lowest BCUT2D eigenvalue weighted by atomic mass is 10.1. The van der Waals surface area contributed by atoms with Crippen LogP contribution in [0.15, 0.2) is 24.3 Å². The van der Waals surface area contributed by atoms with Crippen LogP contribution < -0.4 is 10.2 Å². The van der Waals surface area contributed by atoms with E-state index in [1.54, 1.807) is 0 Å². The number of hydrogen-bond acceptors (Lipinski definition) is 4. The first-order valence-electron chi connectivity index (χ1n) is 8.26. The Morgan fingerprint density at radius 2 is 1.86 bits per heavy atom. The maximum atomic E-state index is 5.39. The molecule has 2 aliphatic heterocycles. The summed E-state index contributed by atoms with van der Waals surface area (Å²) in [6.45, 7) is 9.64. The molecule has 4 nitrogen and oxygen atoms in total. The number of ether oxygens (including phenoxy) is 1. The molecule has 4 heteroatoms. The fourth-order valence-corrected chi connectivity index (χ4v) is 3.16. The zero-order chi connectivity index (χ0) is 14.3. The third-order valence-corrected chi connectivity index (χ3v) is 4.44. The molecule has 0 saturated carbocycles. The predicted molar refractivity (Wildman–Crippen MR) is 87.1 cm³/mol. The number of rotatable bonds is 5. The van der Waals surface area contributed by atoms with Gasteiger partial charge in [-0.15, -0.1) is 0 Å². The molecule has 0 radical (unpaired) electrons. The van der Waals surface area contributed by atoms with E-state index >= 15 is 0 Å². The van der Waals surface area contributed by atoms with Crippen molar-refractivity contribution < 1.29 is 4.74 Å². The van der Waals surface area contributed by atoms with E-state index in [0.717, 1.165) is 52.5 Å². The van der Waals surface area contributed by atoms with Crippen molar-refractivity contribution in [2.24, 2.45) is 0 Å². The van der Waals surface area contributed by atoms with Crippen molar-refractivity contribution in [3.8, 4) is 0 Å². The average molecular weight is 289 g/mol. The number of hydrogen-bond donors (Lipinski definition) is 1. The van der Waals surface area contributed by atoms with E-state index in [1.165, 1.54) is 30.6 Å². The molecule has 1 aromatic carbocycles. The molecular formula is C17H27N3O. The van der Waals surface area contributed by atoms with E-state index in [-0.39, 0.29) is 0 Å². The Kier molecular flexibility index (Phi) is 5.49. The molecule has 0 spiro atoms. The van der Waals surface area contributed by atoms with E-state index in [0.29, 0.717) is 0 Å². The summed E-state index contributed by atoms with van der Waals surface area (Å²) in [5, 5.41) is 3.41. The summed E-state index contributed by atoms with van der Waals surface area (Å²) in [5.74, 6) is 0. The van der Waals surface area contributed by atoms with Crippen molar-refractivity contribution in [2.45, 2.75) is 12.8 Å². The Morgan fingerprint density at radius 1 is 1.05 bits per heavy atom. The summed E-state index contributed by atoms with van der Waals surface area (Å²) in [7, 11) is 0. The van der Waals surface area contributed by atoms with Crippen LogP contribution in [-0.2, 0) is 11.2 Å². The molecular weight excluding hydrogens is 262 g/mol. The van der Waals surface area contributed by atoms with Gasteiger partial charge in [-0.05, 0) is 37.1 Å². The van der Waals surface area contributed by atoms with Crippen molar-refractivity contribution in [1.29, 1.82) is 0 Å². The van der Waals surface area contributed by atoms with Gasteiger partial charge < -0.3 is 15.0 Å². The second kappa shape index (κ2) is 7.78. The van der Waals surface area contributed by atoms with Crippen LogP contribution in [0.3, 0.4) is 0 Å². The minimum absolute atomic E-state index is 0.901. The van der Waals surface area contributed by atoms with Crippen molar-refractivity contribution in [2.75, 3.05) is 63.9 Å². The molecule has 0 bridgehead atoms. The van der Waals surface area contributed by atoms with E-state index in [9.17, 15) is 0 Å².